The van der Waals surface area contributed by atoms with E-state index >= 15 is 0 Å². The maximum Gasteiger partial charge on any atom is 0.229 e. The molecule has 5 nitrogen and oxygen atoms in total. The van der Waals surface area contributed by atoms with Crippen LogP contribution in [0.3, 0.4) is 0 Å². The van der Waals surface area contributed by atoms with Crippen LogP contribution < -0.4 is 11.1 Å². The van der Waals surface area contributed by atoms with Crippen LogP contribution in [-0.2, 0) is 10.2 Å². The van der Waals surface area contributed by atoms with Gasteiger partial charge in [0.15, 0.2) is 0 Å². The van der Waals surface area contributed by atoms with Gasteiger partial charge in [-0.15, -0.1) is 12.4 Å². The minimum atomic E-state index is -0.268. The molecule has 1 amide bonds. The summed E-state index contributed by atoms with van der Waals surface area (Å²) in [5.74, 6) is 0.217. The van der Waals surface area contributed by atoms with E-state index < -0.39 is 0 Å². The molecule has 1 unspecified atom stereocenters. The Hall–Kier alpha value is -1.56. The number of amides is 1. The first-order valence-corrected chi connectivity index (χ1v) is 7.97. The lowest BCUT2D eigenvalue weighted by atomic mass is 9.92. The van der Waals surface area contributed by atoms with Crippen molar-refractivity contribution in [2.75, 3.05) is 11.9 Å². The third-order valence-electron chi connectivity index (χ3n) is 3.58. The topological polar surface area (TPSA) is 72.9 Å². The Morgan fingerprint density at radius 1 is 1.38 bits per heavy atom. The van der Waals surface area contributed by atoms with Crippen LogP contribution in [0.5, 0.6) is 0 Å². The van der Waals surface area contributed by atoms with Gasteiger partial charge in [-0.3, -0.25) is 4.79 Å². The average molecular weight is 371 g/mol. The first kappa shape index (κ1) is 20.5. The molecule has 0 aliphatic carbocycles. The van der Waals surface area contributed by atoms with E-state index in [-0.39, 0.29) is 29.6 Å². The van der Waals surface area contributed by atoms with Gasteiger partial charge in [0.25, 0.3) is 0 Å². The Balaban J connectivity index is 0.00000288. The zero-order valence-corrected chi connectivity index (χ0v) is 15.9. The lowest BCUT2D eigenvalue weighted by molar-refractivity contribution is -0.119. The molecule has 0 radical (unpaired) electrons. The molecule has 1 aromatic carbocycles. The summed E-state index contributed by atoms with van der Waals surface area (Å²) in [6, 6.07) is 9.25. The van der Waals surface area contributed by atoms with E-state index in [2.05, 4.69) is 31.2 Å². The van der Waals surface area contributed by atoms with Crippen LogP contribution in [0, 0.1) is 5.92 Å². The second-order valence-electron chi connectivity index (χ2n) is 6.68. The summed E-state index contributed by atoms with van der Waals surface area (Å²) in [6.07, 6.45) is 0. The molecule has 0 spiro atoms. The van der Waals surface area contributed by atoms with E-state index in [0.717, 1.165) is 11.4 Å². The standard InChI is InChI=1S/C17H23ClN4O.ClH/c1-11(10-19)16(23)20-15-9-14(17(2,3)4)21-22(15)13-7-5-6-12(18)8-13;/h5-9,11H,10,19H2,1-4H3,(H,20,23);1H. The molecular formula is C17H24Cl2N4O. The molecule has 2 aromatic rings. The normalized spacial score (nSPS) is 12.4. The van der Waals surface area contributed by atoms with Gasteiger partial charge < -0.3 is 11.1 Å². The Morgan fingerprint density at radius 3 is 2.58 bits per heavy atom. The number of rotatable bonds is 4. The molecular weight excluding hydrogens is 347 g/mol. The quantitative estimate of drug-likeness (QED) is 0.859. The number of hydrogen-bond donors (Lipinski definition) is 2. The van der Waals surface area contributed by atoms with Crippen molar-refractivity contribution in [3.05, 3.63) is 41.0 Å². The van der Waals surface area contributed by atoms with Crippen LogP contribution in [0.25, 0.3) is 5.69 Å². The number of hydrogen-bond acceptors (Lipinski definition) is 3. The molecule has 0 bridgehead atoms. The average Bonchev–Trinajstić information content (AvgIpc) is 2.90. The van der Waals surface area contributed by atoms with Crippen LogP contribution >= 0.6 is 24.0 Å². The van der Waals surface area contributed by atoms with Gasteiger partial charge in [-0.05, 0) is 18.2 Å². The largest absolute Gasteiger partial charge is 0.330 e. The maximum absolute atomic E-state index is 12.2. The number of aromatic nitrogens is 2. The number of nitrogens with two attached hydrogens (primary N) is 1. The summed E-state index contributed by atoms with van der Waals surface area (Å²) in [6.45, 7) is 8.31. The fourth-order valence-corrected chi connectivity index (χ4v) is 2.18. The summed E-state index contributed by atoms with van der Waals surface area (Å²) in [4.78, 5) is 12.2. The number of benzene rings is 1. The summed E-state index contributed by atoms with van der Waals surface area (Å²) >= 11 is 6.08. The Morgan fingerprint density at radius 2 is 2.04 bits per heavy atom. The summed E-state index contributed by atoms with van der Waals surface area (Å²) < 4.78 is 1.70. The van der Waals surface area contributed by atoms with Crippen molar-refractivity contribution in [3.63, 3.8) is 0 Å². The number of anilines is 1. The molecule has 0 aliphatic heterocycles. The highest BCUT2D eigenvalue weighted by Crippen LogP contribution is 2.27. The van der Waals surface area contributed by atoms with E-state index in [4.69, 9.17) is 17.3 Å². The number of carbonyl (C=O) groups excluding carboxylic acids is 1. The lowest BCUT2D eigenvalue weighted by Crippen LogP contribution is -2.27. The predicted molar refractivity (Wildman–Crippen MR) is 101 cm³/mol. The zero-order chi connectivity index (χ0) is 17.2. The third-order valence-corrected chi connectivity index (χ3v) is 3.82. The fraction of sp³-hybridized carbons (Fsp3) is 0.412. The summed E-state index contributed by atoms with van der Waals surface area (Å²) in [5, 5.41) is 8.17. The van der Waals surface area contributed by atoms with Gasteiger partial charge in [0, 0.05) is 29.0 Å². The molecule has 0 saturated carbocycles. The van der Waals surface area contributed by atoms with E-state index in [1.807, 2.05) is 24.3 Å². The number of nitrogens with zero attached hydrogens (tertiary/aromatic N) is 2. The Kier molecular flexibility index (Phi) is 6.84. The molecule has 7 heteroatoms. The van der Waals surface area contributed by atoms with Crippen molar-refractivity contribution in [2.45, 2.75) is 33.1 Å². The zero-order valence-electron chi connectivity index (χ0n) is 14.3. The first-order chi connectivity index (χ1) is 10.7. The molecule has 1 aromatic heterocycles. The highest BCUT2D eigenvalue weighted by molar-refractivity contribution is 6.30. The van der Waals surface area contributed by atoms with Crippen LogP contribution in [0.1, 0.15) is 33.4 Å². The van der Waals surface area contributed by atoms with Crippen molar-refractivity contribution >= 4 is 35.7 Å². The summed E-state index contributed by atoms with van der Waals surface area (Å²) in [7, 11) is 0. The Labute approximate surface area is 154 Å². The lowest BCUT2D eigenvalue weighted by Gasteiger charge is -2.14. The van der Waals surface area contributed by atoms with Crippen molar-refractivity contribution in [1.29, 1.82) is 0 Å². The minimum absolute atomic E-state index is 0. The highest BCUT2D eigenvalue weighted by atomic mass is 35.5. The number of nitrogens with one attached hydrogen (secondary N) is 1. The molecule has 3 N–H and O–H groups in total. The van der Waals surface area contributed by atoms with Crippen LogP contribution in [0.2, 0.25) is 5.02 Å². The van der Waals surface area contributed by atoms with Gasteiger partial charge in [-0.1, -0.05) is 45.4 Å². The third kappa shape index (κ3) is 4.72. The molecule has 1 heterocycles. The van der Waals surface area contributed by atoms with E-state index in [0.29, 0.717) is 17.4 Å². The van der Waals surface area contributed by atoms with Gasteiger partial charge in [0.2, 0.25) is 5.91 Å². The van der Waals surface area contributed by atoms with Gasteiger partial charge in [-0.25, -0.2) is 4.68 Å². The van der Waals surface area contributed by atoms with E-state index in [9.17, 15) is 4.79 Å². The number of halogens is 2. The van der Waals surface area contributed by atoms with E-state index in [1.165, 1.54) is 0 Å². The monoisotopic (exact) mass is 370 g/mol. The highest BCUT2D eigenvalue weighted by Gasteiger charge is 2.22. The molecule has 132 valence electrons. The Bertz CT molecular complexity index is 707. The summed E-state index contributed by atoms with van der Waals surface area (Å²) in [5.41, 5.74) is 7.11. The van der Waals surface area contributed by atoms with Crippen LogP contribution in [0.15, 0.2) is 30.3 Å². The molecule has 0 saturated heterocycles. The van der Waals surface area contributed by atoms with Crippen molar-refractivity contribution in [1.82, 2.24) is 9.78 Å². The van der Waals surface area contributed by atoms with E-state index in [1.54, 1.807) is 17.7 Å². The van der Waals surface area contributed by atoms with Gasteiger partial charge in [0.1, 0.15) is 5.82 Å². The fourth-order valence-electron chi connectivity index (χ4n) is 2.00. The van der Waals surface area contributed by atoms with Gasteiger partial charge in [-0.2, -0.15) is 5.10 Å². The first-order valence-electron chi connectivity index (χ1n) is 7.60. The molecule has 2 rings (SSSR count). The maximum atomic E-state index is 12.2. The smallest absolute Gasteiger partial charge is 0.229 e. The second kappa shape index (κ2) is 8.01. The minimum Gasteiger partial charge on any atom is -0.330 e. The van der Waals surface area contributed by atoms with Crippen LogP contribution in [0.4, 0.5) is 5.82 Å². The molecule has 1 atom stereocenters. The molecule has 24 heavy (non-hydrogen) atoms. The van der Waals surface area contributed by atoms with Crippen molar-refractivity contribution < 1.29 is 4.79 Å². The predicted octanol–water partition coefficient (Wildman–Crippen LogP) is 3.78. The SMILES string of the molecule is CC(CN)C(=O)Nc1cc(C(C)(C)C)nn1-c1cccc(Cl)c1.Cl. The van der Waals surface area contributed by atoms with Gasteiger partial charge in [0.05, 0.1) is 11.4 Å². The molecule has 0 fully saturated rings. The van der Waals surface area contributed by atoms with Crippen molar-refractivity contribution in [2.24, 2.45) is 11.7 Å². The van der Waals surface area contributed by atoms with Crippen LogP contribution in [-0.4, -0.2) is 22.2 Å². The van der Waals surface area contributed by atoms with Gasteiger partial charge >= 0.3 is 0 Å². The second-order valence-corrected chi connectivity index (χ2v) is 7.12. The molecule has 0 aliphatic rings. The number of carbonyl (C=O) groups is 1. The van der Waals surface area contributed by atoms with Crippen molar-refractivity contribution in [3.8, 4) is 5.69 Å².